The van der Waals surface area contributed by atoms with E-state index in [1.165, 1.54) is 55.5 Å². The SMILES string of the molecule is N[C@@H](Cc1ccc(F)cc1)C(=O)O.[2H]C([2H])([2H])C([2H])([2H])OC(=O)[C@@H](C)Cc1ccc(F)cc1.[Cl-]. The summed E-state index contributed by atoms with van der Waals surface area (Å²) in [5, 5.41) is 8.50. The lowest BCUT2D eigenvalue weighted by molar-refractivity contribution is -0.147. The Morgan fingerprint density at radius 1 is 1.07 bits per heavy atom. The molecule has 0 amide bonds. The van der Waals surface area contributed by atoms with Crippen LogP contribution in [0, 0.1) is 17.6 Å². The summed E-state index contributed by atoms with van der Waals surface area (Å²) in [6.07, 6.45) is 0.422. The highest BCUT2D eigenvalue weighted by Crippen LogP contribution is 2.11. The Bertz CT molecular complexity index is 928. The Hall–Kier alpha value is -2.51. The molecule has 2 aromatic carbocycles. The van der Waals surface area contributed by atoms with Crippen molar-refractivity contribution in [2.75, 3.05) is 6.56 Å². The first-order valence-electron chi connectivity index (χ1n) is 10.8. The lowest BCUT2D eigenvalue weighted by Gasteiger charge is -2.10. The number of carbonyl (C=O) groups excluding carboxylic acids is 1. The van der Waals surface area contributed by atoms with E-state index >= 15 is 0 Å². The van der Waals surface area contributed by atoms with Gasteiger partial charge in [-0.25, -0.2) is 8.78 Å². The number of hydrogen-bond donors (Lipinski definition) is 2. The molecule has 0 spiro atoms. The summed E-state index contributed by atoms with van der Waals surface area (Å²) in [6, 6.07) is 10.2. The fourth-order valence-electron chi connectivity index (χ4n) is 2.17. The molecule has 0 fully saturated rings. The Morgan fingerprint density at radius 3 is 1.93 bits per heavy atom. The molecule has 2 atom stereocenters. The van der Waals surface area contributed by atoms with Crippen LogP contribution in [0.15, 0.2) is 48.5 Å². The number of ether oxygens (including phenoxy) is 1. The minimum Gasteiger partial charge on any atom is -1.00 e. The average molecular weight is 434 g/mol. The first-order chi connectivity index (χ1) is 15.1. The zero-order chi connectivity index (χ0) is 25.4. The maximum atomic E-state index is 12.7. The molecule has 0 aliphatic rings. The van der Waals surface area contributed by atoms with Gasteiger partial charge < -0.3 is 28.0 Å². The van der Waals surface area contributed by atoms with Gasteiger partial charge in [0, 0.05) is 4.11 Å². The van der Waals surface area contributed by atoms with Gasteiger partial charge in [0.2, 0.25) is 0 Å². The number of carbonyl (C=O) groups is 2. The molecule has 0 aromatic heterocycles. The van der Waals surface area contributed by atoms with Gasteiger partial charge >= 0.3 is 11.9 Å². The third-order valence-electron chi connectivity index (χ3n) is 3.70. The zero-order valence-corrected chi connectivity index (χ0v) is 16.3. The normalized spacial score (nSPS) is 15.4. The number of carboxylic acids is 1. The second kappa shape index (κ2) is 13.6. The summed E-state index contributed by atoms with van der Waals surface area (Å²) in [6.45, 7) is -4.58. The van der Waals surface area contributed by atoms with Gasteiger partial charge in [0.05, 0.1) is 15.2 Å². The standard InChI is InChI=1S/C12H15FO2.C9H10FNO2.ClH/c1-3-15-12(14)9(2)8-10-4-6-11(13)7-5-10;10-7-3-1-6(2-4-7)5-8(11)9(12)13;/h4-7,9H,3,8H2,1-2H3;1-4,8H,5,11H2,(H,12,13);1H/p-1/t9-;8-;/m00./s1/i1D3,3D2;;. The minimum atomic E-state index is -3.04. The number of rotatable bonds is 7. The van der Waals surface area contributed by atoms with Gasteiger partial charge in [0.15, 0.2) is 0 Å². The van der Waals surface area contributed by atoms with Crippen LogP contribution in [-0.4, -0.2) is 29.6 Å². The van der Waals surface area contributed by atoms with Crippen LogP contribution < -0.4 is 18.1 Å². The molecular weight excluding hydrogens is 404 g/mol. The Morgan fingerprint density at radius 2 is 1.52 bits per heavy atom. The summed E-state index contributed by atoms with van der Waals surface area (Å²) in [5.74, 6) is -3.48. The number of nitrogens with two attached hydrogens (primary N) is 1. The predicted molar refractivity (Wildman–Crippen MR) is 102 cm³/mol. The van der Waals surface area contributed by atoms with Crippen molar-refractivity contribution in [1.82, 2.24) is 0 Å². The lowest BCUT2D eigenvalue weighted by atomic mass is 10.0. The van der Waals surface area contributed by atoms with Crippen molar-refractivity contribution in [2.45, 2.75) is 32.7 Å². The first-order valence-corrected chi connectivity index (χ1v) is 8.32. The average Bonchev–Trinajstić information content (AvgIpc) is 2.70. The predicted octanol–water partition coefficient (Wildman–Crippen LogP) is 0.351. The molecule has 0 aliphatic carbocycles. The van der Waals surface area contributed by atoms with Crippen LogP contribution in [-0.2, 0) is 27.2 Å². The second-order valence-electron chi connectivity index (χ2n) is 6.03. The molecule has 8 heteroatoms. The smallest absolute Gasteiger partial charge is 0.320 e. The maximum Gasteiger partial charge on any atom is 0.320 e. The molecule has 5 nitrogen and oxygen atoms in total. The van der Waals surface area contributed by atoms with Crippen LogP contribution in [0.4, 0.5) is 8.78 Å². The van der Waals surface area contributed by atoms with E-state index in [4.69, 9.17) is 17.7 Å². The summed E-state index contributed by atoms with van der Waals surface area (Å²) >= 11 is 0. The van der Waals surface area contributed by atoms with Crippen molar-refractivity contribution in [3.05, 3.63) is 71.3 Å². The molecule has 0 bridgehead atoms. The second-order valence-corrected chi connectivity index (χ2v) is 6.03. The number of benzene rings is 2. The van der Waals surface area contributed by atoms with Gasteiger partial charge in [0.25, 0.3) is 0 Å². The van der Waals surface area contributed by atoms with Gasteiger partial charge in [-0.15, -0.1) is 0 Å². The third-order valence-corrected chi connectivity index (χ3v) is 3.70. The zero-order valence-electron chi connectivity index (χ0n) is 20.6. The van der Waals surface area contributed by atoms with Gasteiger partial charge in [-0.2, -0.15) is 0 Å². The molecule has 3 N–H and O–H groups in total. The highest BCUT2D eigenvalue weighted by atomic mass is 35.5. The van der Waals surface area contributed by atoms with E-state index in [9.17, 15) is 18.4 Å². The van der Waals surface area contributed by atoms with Crippen molar-refractivity contribution >= 4 is 11.9 Å². The van der Waals surface area contributed by atoms with Crippen LogP contribution in [0.5, 0.6) is 0 Å². The Kier molecular flexibility index (Phi) is 8.70. The summed E-state index contributed by atoms with van der Waals surface area (Å²) in [4.78, 5) is 22.1. The third kappa shape index (κ3) is 10.6. The number of aliphatic carboxylic acids is 1. The Labute approximate surface area is 182 Å². The van der Waals surface area contributed by atoms with Gasteiger partial charge in [-0.05, 0) is 55.1 Å². The minimum absolute atomic E-state index is 0. The number of halogens is 3. The van der Waals surface area contributed by atoms with Crippen LogP contribution in [0.2, 0.25) is 0 Å². The van der Waals surface area contributed by atoms with Crippen molar-refractivity contribution < 1.29 is 47.5 Å². The van der Waals surface area contributed by atoms with E-state index in [-0.39, 0.29) is 31.1 Å². The largest absolute Gasteiger partial charge is 1.00 e. The molecule has 29 heavy (non-hydrogen) atoms. The lowest BCUT2D eigenvalue weighted by Crippen LogP contribution is -3.00. The molecule has 0 saturated heterocycles. The van der Waals surface area contributed by atoms with E-state index in [2.05, 4.69) is 4.74 Å². The van der Waals surface area contributed by atoms with Crippen LogP contribution in [0.25, 0.3) is 0 Å². The maximum absolute atomic E-state index is 12.7. The van der Waals surface area contributed by atoms with Crippen LogP contribution in [0.1, 0.15) is 31.8 Å². The number of hydrogen-bond acceptors (Lipinski definition) is 4. The molecule has 160 valence electrons. The summed E-state index contributed by atoms with van der Waals surface area (Å²) < 4.78 is 64.9. The van der Waals surface area contributed by atoms with Gasteiger partial charge in [-0.1, -0.05) is 31.2 Å². The molecule has 0 heterocycles. The molecule has 2 aromatic rings. The molecule has 2 rings (SSSR count). The van der Waals surface area contributed by atoms with Crippen molar-refractivity contribution in [3.8, 4) is 0 Å². The number of esters is 1. The quantitative estimate of drug-likeness (QED) is 0.615. The van der Waals surface area contributed by atoms with Gasteiger partial charge in [0.1, 0.15) is 17.7 Å². The van der Waals surface area contributed by atoms with E-state index in [1.54, 1.807) is 0 Å². The summed E-state index contributed by atoms with van der Waals surface area (Å²) in [7, 11) is 0. The van der Waals surface area contributed by atoms with Crippen LogP contribution in [0.3, 0.4) is 0 Å². The molecular formula is C21H25ClF2NO4-. The first kappa shape index (κ1) is 18.5. The fourth-order valence-corrected chi connectivity index (χ4v) is 2.17. The fraction of sp³-hybridized carbons (Fsp3) is 0.333. The summed E-state index contributed by atoms with van der Waals surface area (Å²) in [5.41, 5.74) is 6.68. The van der Waals surface area contributed by atoms with E-state index in [1.807, 2.05) is 0 Å². The van der Waals surface area contributed by atoms with E-state index in [0.717, 1.165) is 5.56 Å². The van der Waals surface area contributed by atoms with Gasteiger partial charge in [-0.3, -0.25) is 9.59 Å². The van der Waals surface area contributed by atoms with Crippen molar-refractivity contribution in [3.63, 3.8) is 0 Å². The number of carboxylic acid groups (broad SMARTS) is 1. The monoisotopic (exact) mass is 433 g/mol. The Balaban J connectivity index is 0.000000676. The van der Waals surface area contributed by atoms with E-state index < -0.39 is 43.1 Å². The van der Waals surface area contributed by atoms with E-state index in [0.29, 0.717) is 5.56 Å². The molecule has 0 aliphatic heterocycles. The van der Waals surface area contributed by atoms with Crippen molar-refractivity contribution in [1.29, 1.82) is 0 Å². The molecule has 0 radical (unpaired) electrons. The van der Waals surface area contributed by atoms with Crippen LogP contribution >= 0.6 is 0 Å². The van der Waals surface area contributed by atoms with Crippen molar-refractivity contribution in [2.24, 2.45) is 11.7 Å². The topological polar surface area (TPSA) is 89.6 Å². The highest BCUT2D eigenvalue weighted by molar-refractivity contribution is 5.73. The highest BCUT2D eigenvalue weighted by Gasteiger charge is 2.14. The molecule has 0 saturated carbocycles. The molecule has 0 unspecified atom stereocenters.